The molecule has 2 heterocycles. The number of anilines is 1. The van der Waals surface area contributed by atoms with Crippen LogP contribution in [0, 0.1) is 11.3 Å². The third-order valence-electron chi connectivity index (χ3n) is 5.11. The lowest BCUT2D eigenvalue weighted by molar-refractivity contribution is 0.0726. The molecule has 0 spiro atoms. The monoisotopic (exact) mass is 489 g/mol. The van der Waals surface area contributed by atoms with E-state index in [2.05, 4.69) is 26.1 Å². The van der Waals surface area contributed by atoms with Crippen LogP contribution in [0.4, 0.5) is 5.82 Å². The van der Waals surface area contributed by atoms with E-state index >= 15 is 0 Å². The molecule has 1 amide bonds. The molecular formula is C23H20BrN7O. The number of hydrogen-bond acceptors (Lipinski definition) is 5. The van der Waals surface area contributed by atoms with Crippen LogP contribution < -0.4 is 5.73 Å². The zero-order valence-electron chi connectivity index (χ0n) is 17.3. The van der Waals surface area contributed by atoms with Crippen molar-refractivity contribution in [2.45, 2.75) is 13.1 Å². The predicted molar refractivity (Wildman–Crippen MR) is 124 cm³/mol. The number of amides is 1. The van der Waals surface area contributed by atoms with Gasteiger partial charge in [-0.2, -0.15) is 15.5 Å². The first-order valence-electron chi connectivity index (χ1n) is 9.81. The minimum Gasteiger partial charge on any atom is -0.382 e. The minimum absolute atomic E-state index is 0.108. The van der Waals surface area contributed by atoms with Crippen molar-refractivity contribution in [2.75, 3.05) is 5.73 Å². The number of nitriles is 1. The zero-order chi connectivity index (χ0) is 22.7. The van der Waals surface area contributed by atoms with Gasteiger partial charge in [0, 0.05) is 29.8 Å². The van der Waals surface area contributed by atoms with E-state index in [9.17, 15) is 4.79 Å². The fraction of sp³-hybridized carbons (Fsp3) is 0.130. The Morgan fingerprint density at radius 3 is 2.56 bits per heavy atom. The first kappa shape index (κ1) is 21.3. The van der Waals surface area contributed by atoms with Gasteiger partial charge >= 0.3 is 0 Å². The van der Waals surface area contributed by atoms with E-state index in [0.29, 0.717) is 29.9 Å². The van der Waals surface area contributed by atoms with Gasteiger partial charge in [-0.05, 0) is 48.0 Å². The van der Waals surface area contributed by atoms with Gasteiger partial charge in [-0.1, -0.05) is 28.1 Å². The van der Waals surface area contributed by atoms with Crippen molar-refractivity contribution >= 4 is 27.7 Å². The number of nitrogens with zero attached hydrogens (tertiary/aromatic N) is 6. The Morgan fingerprint density at radius 2 is 1.94 bits per heavy atom. The highest BCUT2D eigenvalue weighted by atomic mass is 79.9. The summed E-state index contributed by atoms with van der Waals surface area (Å²) >= 11 is 3.49. The van der Waals surface area contributed by atoms with Crippen LogP contribution >= 0.6 is 15.9 Å². The molecule has 4 rings (SSSR count). The molecule has 9 heteroatoms. The number of nitrogens with two attached hydrogens (primary N) is 1. The summed E-state index contributed by atoms with van der Waals surface area (Å²) in [5.74, 6) is 0.156. The average Bonchev–Trinajstić information content (AvgIpc) is 3.37. The molecule has 0 bridgehead atoms. The van der Waals surface area contributed by atoms with Crippen molar-refractivity contribution < 1.29 is 4.79 Å². The lowest BCUT2D eigenvalue weighted by Crippen LogP contribution is -2.31. The van der Waals surface area contributed by atoms with Crippen LogP contribution in [0.15, 0.2) is 71.5 Å². The summed E-state index contributed by atoms with van der Waals surface area (Å²) in [5, 5.41) is 17.4. The molecule has 0 saturated heterocycles. The van der Waals surface area contributed by atoms with Gasteiger partial charge < -0.3 is 10.6 Å². The fourth-order valence-corrected chi connectivity index (χ4v) is 3.83. The standard InChI is InChI=1S/C23H20BrN7O/c1-29-21(9-10-27-29)15-30(14-16-3-2-4-19(24)11-16)23(32)17-5-7-20(8-6-17)31-22(26)18(12-25)13-28-31/h2-11,13H,14-15,26H2,1H3. The Bertz CT molecular complexity index is 1300. The highest BCUT2D eigenvalue weighted by molar-refractivity contribution is 9.10. The number of rotatable bonds is 6. The van der Waals surface area contributed by atoms with Gasteiger partial charge in [-0.3, -0.25) is 9.48 Å². The second-order valence-electron chi connectivity index (χ2n) is 7.25. The predicted octanol–water partition coefficient (Wildman–Crippen LogP) is 3.66. The quantitative estimate of drug-likeness (QED) is 0.444. The molecule has 0 unspecified atom stereocenters. The minimum atomic E-state index is -0.108. The van der Waals surface area contributed by atoms with E-state index < -0.39 is 0 Å². The average molecular weight is 490 g/mol. The Morgan fingerprint density at radius 1 is 1.16 bits per heavy atom. The molecule has 8 nitrogen and oxygen atoms in total. The van der Waals surface area contributed by atoms with Gasteiger partial charge in [0.2, 0.25) is 0 Å². The van der Waals surface area contributed by atoms with Crippen LogP contribution in [0.2, 0.25) is 0 Å². The van der Waals surface area contributed by atoms with Crippen LogP contribution in [0.25, 0.3) is 5.69 Å². The largest absolute Gasteiger partial charge is 0.382 e. The van der Waals surface area contributed by atoms with Crippen molar-refractivity contribution in [3.8, 4) is 11.8 Å². The fourth-order valence-electron chi connectivity index (χ4n) is 3.38. The van der Waals surface area contributed by atoms with Crippen LogP contribution in [0.3, 0.4) is 0 Å². The molecule has 2 aromatic heterocycles. The van der Waals surface area contributed by atoms with Crippen molar-refractivity contribution in [2.24, 2.45) is 7.05 Å². The third-order valence-corrected chi connectivity index (χ3v) is 5.60. The van der Waals surface area contributed by atoms with Gasteiger partial charge in [0.1, 0.15) is 17.5 Å². The van der Waals surface area contributed by atoms with Crippen molar-refractivity contribution in [3.05, 3.63) is 93.8 Å². The molecular weight excluding hydrogens is 470 g/mol. The van der Waals surface area contributed by atoms with Crippen molar-refractivity contribution in [3.63, 3.8) is 0 Å². The van der Waals surface area contributed by atoms with Crippen molar-refractivity contribution in [1.29, 1.82) is 5.26 Å². The number of halogens is 1. The van der Waals surface area contributed by atoms with Crippen LogP contribution in [-0.4, -0.2) is 30.4 Å². The van der Waals surface area contributed by atoms with Gasteiger partial charge in [0.05, 0.1) is 24.1 Å². The molecule has 0 atom stereocenters. The maximum absolute atomic E-state index is 13.4. The molecule has 0 aliphatic carbocycles. The summed E-state index contributed by atoms with van der Waals surface area (Å²) < 4.78 is 4.19. The molecule has 2 aromatic carbocycles. The van der Waals surface area contributed by atoms with Crippen LogP contribution in [0.5, 0.6) is 0 Å². The number of aryl methyl sites for hydroxylation is 1. The lowest BCUT2D eigenvalue weighted by Gasteiger charge is -2.23. The molecule has 0 fully saturated rings. The van der Waals surface area contributed by atoms with E-state index in [0.717, 1.165) is 15.7 Å². The number of aromatic nitrogens is 4. The molecule has 0 aliphatic rings. The van der Waals surface area contributed by atoms with E-state index in [1.54, 1.807) is 40.0 Å². The van der Waals surface area contributed by atoms with Gasteiger partial charge in [0.15, 0.2) is 0 Å². The summed E-state index contributed by atoms with van der Waals surface area (Å²) in [6.07, 6.45) is 3.14. The van der Waals surface area contributed by atoms with Gasteiger partial charge in [-0.25, -0.2) is 4.68 Å². The summed E-state index contributed by atoms with van der Waals surface area (Å²) in [6, 6.07) is 18.8. The first-order chi connectivity index (χ1) is 15.5. The maximum atomic E-state index is 13.4. The van der Waals surface area contributed by atoms with Crippen molar-refractivity contribution in [1.82, 2.24) is 24.5 Å². The zero-order valence-corrected chi connectivity index (χ0v) is 18.9. The topological polar surface area (TPSA) is 106 Å². The van der Waals surface area contributed by atoms with Gasteiger partial charge in [0.25, 0.3) is 5.91 Å². The smallest absolute Gasteiger partial charge is 0.254 e. The number of nitrogen functional groups attached to an aromatic ring is 1. The Balaban J connectivity index is 1.61. The summed E-state index contributed by atoms with van der Waals surface area (Å²) in [5.41, 5.74) is 9.43. The molecule has 4 aromatic rings. The number of hydrogen-bond donors (Lipinski definition) is 1. The lowest BCUT2D eigenvalue weighted by atomic mass is 10.1. The molecule has 2 N–H and O–H groups in total. The summed E-state index contributed by atoms with van der Waals surface area (Å²) in [4.78, 5) is 15.2. The Labute approximate surface area is 193 Å². The third kappa shape index (κ3) is 4.40. The highest BCUT2D eigenvalue weighted by Gasteiger charge is 2.19. The Kier molecular flexibility index (Phi) is 6.05. The first-order valence-corrected chi connectivity index (χ1v) is 10.6. The van der Waals surface area contributed by atoms with E-state index in [1.807, 2.05) is 43.4 Å². The summed E-state index contributed by atoms with van der Waals surface area (Å²) in [6.45, 7) is 0.865. The Hall–Kier alpha value is -3.90. The van der Waals surface area contributed by atoms with Gasteiger partial charge in [-0.15, -0.1) is 0 Å². The second-order valence-corrected chi connectivity index (χ2v) is 8.17. The SMILES string of the molecule is Cn1nccc1CN(Cc1cccc(Br)c1)C(=O)c1ccc(-n2ncc(C#N)c2N)cc1. The molecule has 32 heavy (non-hydrogen) atoms. The number of benzene rings is 2. The maximum Gasteiger partial charge on any atom is 0.254 e. The molecule has 0 saturated carbocycles. The highest BCUT2D eigenvalue weighted by Crippen LogP contribution is 2.20. The number of carbonyl (C=O) groups excluding carboxylic acids is 1. The van der Waals surface area contributed by atoms with E-state index in [-0.39, 0.29) is 11.7 Å². The van der Waals surface area contributed by atoms with E-state index in [1.165, 1.54) is 10.9 Å². The van der Waals surface area contributed by atoms with E-state index in [4.69, 9.17) is 11.0 Å². The number of carbonyl (C=O) groups is 1. The second kappa shape index (κ2) is 9.08. The molecule has 160 valence electrons. The van der Waals surface area contributed by atoms with Crippen LogP contribution in [-0.2, 0) is 20.1 Å². The summed E-state index contributed by atoms with van der Waals surface area (Å²) in [7, 11) is 1.86. The van der Waals surface area contributed by atoms with Crippen LogP contribution in [0.1, 0.15) is 27.2 Å². The molecule has 0 aliphatic heterocycles. The molecule has 0 radical (unpaired) electrons. The normalized spacial score (nSPS) is 10.7.